The molecule has 1 atom stereocenters. The number of nitrogens with zero attached hydrogens (tertiary/aromatic N) is 2. The van der Waals surface area contributed by atoms with Crippen molar-refractivity contribution in [2.24, 2.45) is 16.8 Å². The lowest BCUT2D eigenvalue weighted by Gasteiger charge is -2.30. The molecule has 3 rings (SSSR count). The summed E-state index contributed by atoms with van der Waals surface area (Å²) in [5, 5.41) is 2.87. The Labute approximate surface area is 153 Å². The van der Waals surface area contributed by atoms with E-state index in [-0.39, 0.29) is 29.6 Å². The average Bonchev–Trinajstić information content (AvgIpc) is 2.61. The molecule has 26 heavy (non-hydrogen) atoms. The molecule has 1 unspecified atom stereocenters. The molecule has 0 radical (unpaired) electrons. The summed E-state index contributed by atoms with van der Waals surface area (Å²) in [4.78, 5) is 41.8. The van der Waals surface area contributed by atoms with Crippen LogP contribution in [-0.2, 0) is 14.4 Å². The Hall–Kier alpha value is -2.50. The van der Waals surface area contributed by atoms with Crippen molar-refractivity contribution in [2.45, 2.75) is 39.5 Å². The molecular weight excluding hydrogens is 330 g/mol. The van der Waals surface area contributed by atoms with Gasteiger partial charge in [0.25, 0.3) is 0 Å². The summed E-state index contributed by atoms with van der Waals surface area (Å²) < 4.78 is 0. The van der Waals surface area contributed by atoms with Crippen molar-refractivity contribution in [3.63, 3.8) is 0 Å². The first-order valence-electron chi connectivity index (χ1n) is 9.27. The molecular formula is C20H25N3O3. The molecule has 3 aliphatic rings. The fourth-order valence-electron chi connectivity index (χ4n) is 3.72. The number of hydrogen-bond donors (Lipinski definition) is 1. The maximum absolute atomic E-state index is 12.5. The quantitative estimate of drug-likeness (QED) is 0.842. The van der Waals surface area contributed by atoms with E-state index in [0.717, 1.165) is 24.1 Å². The van der Waals surface area contributed by atoms with E-state index in [1.54, 1.807) is 24.0 Å². The highest BCUT2D eigenvalue weighted by Crippen LogP contribution is 2.30. The van der Waals surface area contributed by atoms with Crippen LogP contribution in [0.5, 0.6) is 0 Å². The first-order valence-corrected chi connectivity index (χ1v) is 9.27. The van der Waals surface area contributed by atoms with Gasteiger partial charge in [0.15, 0.2) is 0 Å². The number of piperidine rings is 1. The van der Waals surface area contributed by atoms with Crippen molar-refractivity contribution in [1.82, 2.24) is 10.2 Å². The summed E-state index contributed by atoms with van der Waals surface area (Å²) in [7, 11) is 0. The Balaban J connectivity index is 1.69. The van der Waals surface area contributed by atoms with Crippen LogP contribution in [0.3, 0.4) is 0 Å². The summed E-state index contributed by atoms with van der Waals surface area (Å²) in [6.45, 7) is 4.86. The smallest absolute Gasteiger partial charge is 0.249 e. The maximum atomic E-state index is 12.5. The number of carbonyl (C=O) groups excluding carboxylic acids is 3. The summed E-state index contributed by atoms with van der Waals surface area (Å²) in [6, 6.07) is 0. The van der Waals surface area contributed by atoms with E-state index in [9.17, 15) is 14.4 Å². The van der Waals surface area contributed by atoms with Crippen LogP contribution < -0.4 is 5.32 Å². The zero-order valence-electron chi connectivity index (χ0n) is 15.3. The van der Waals surface area contributed by atoms with Crippen LogP contribution in [0.1, 0.15) is 39.5 Å². The van der Waals surface area contributed by atoms with Gasteiger partial charge in [0.05, 0.1) is 5.71 Å². The second-order valence-electron chi connectivity index (χ2n) is 7.05. The predicted molar refractivity (Wildman–Crippen MR) is 99.3 cm³/mol. The second kappa shape index (κ2) is 7.81. The molecule has 0 aromatic rings. The molecule has 1 saturated heterocycles. The highest BCUT2D eigenvalue weighted by Gasteiger charge is 2.28. The van der Waals surface area contributed by atoms with Crippen LogP contribution in [0.2, 0.25) is 0 Å². The summed E-state index contributed by atoms with van der Waals surface area (Å²) in [5.41, 5.74) is 2.47. The third kappa shape index (κ3) is 4.00. The van der Waals surface area contributed by atoms with Crippen LogP contribution in [0, 0.1) is 11.8 Å². The van der Waals surface area contributed by atoms with Crippen molar-refractivity contribution in [2.75, 3.05) is 13.1 Å². The van der Waals surface area contributed by atoms with Gasteiger partial charge < -0.3 is 10.2 Å². The van der Waals surface area contributed by atoms with Gasteiger partial charge in [0.1, 0.15) is 0 Å². The Kier molecular flexibility index (Phi) is 5.49. The van der Waals surface area contributed by atoms with Gasteiger partial charge in [-0.1, -0.05) is 25.0 Å². The van der Waals surface area contributed by atoms with Crippen LogP contribution in [0.4, 0.5) is 0 Å². The number of nitrogens with one attached hydrogen (secondary N) is 1. The van der Waals surface area contributed by atoms with Crippen molar-refractivity contribution in [3.05, 3.63) is 35.6 Å². The number of fused-ring (bicyclic) bond motifs is 1. The SMILES string of the molecule is CCCC1=CC(=O)NC2=CC(=NC(=O)C3CCN(C(C)=O)CC3)C=CC12. The van der Waals surface area contributed by atoms with Crippen LogP contribution in [0.15, 0.2) is 40.6 Å². The lowest BCUT2D eigenvalue weighted by molar-refractivity contribution is -0.132. The number of hydrogen-bond acceptors (Lipinski definition) is 3. The van der Waals surface area contributed by atoms with Gasteiger partial charge in [-0.25, -0.2) is 4.99 Å². The maximum Gasteiger partial charge on any atom is 0.249 e. The third-order valence-electron chi connectivity index (χ3n) is 5.15. The first-order chi connectivity index (χ1) is 12.5. The van der Waals surface area contributed by atoms with Crippen molar-refractivity contribution in [1.29, 1.82) is 0 Å². The highest BCUT2D eigenvalue weighted by molar-refractivity contribution is 6.11. The van der Waals surface area contributed by atoms with Crippen molar-refractivity contribution in [3.8, 4) is 0 Å². The molecule has 1 N–H and O–H groups in total. The summed E-state index contributed by atoms with van der Waals surface area (Å²) >= 11 is 0. The van der Waals surface area contributed by atoms with E-state index in [1.165, 1.54) is 0 Å². The molecule has 0 spiro atoms. The molecule has 6 heteroatoms. The highest BCUT2D eigenvalue weighted by atomic mass is 16.2. The second-order valence-corrected chi connectivity index (χ2v) is 7.05. The monoisotopic (exact) mass is 355 g/mol. The Bertz CT molecular complexity index is 737. The van der Waals surface area contributed by atoms with Gasteiger partial charge >= 0.3 is 0 Å². The lowest BCUT2D eigenvalue weighted by Crippen LogP contribution is -2.38. The van der Waals surface area contributed by atoms with Gasteiger partial charge in [0, 0.05) is 43.6 Å². The number of likely N-dealkylation sites (tertiary alicyclic amines) is 1. The lowest BCUT2D eigenvalue weighted by atomic mass is 9.85. The van der Waals surface area contributed by atoms with E-state index in [4.69, 9.17) is 0 Å². The van der Waals surface area contributed by atoms with Gasteiger partial charge in [-0.2, -0.15) is 0 Å². The molecule has 0 aromatic carbocycles. The van der Waals surface area contributed by atoms with Crippen molar-refractivity contribution < 1.29 is 14.4 Å². The number of rotatable bonds is 3. The Morgan fingerprint density at radius 2 is 2.00 bits per heavy atom. The number of aliphatic imine (C=N–C) groups is 1. The normalized spacial score (nSPS) is 24.7. The summed E-state index contributed by atoms with van der Waals surface area (Å²) in [6.07, 6.45) is 10.5. The molecule has 2 heterocycles. The van der Waals surface area contributed by atoms with Gasteiger partial charge in [-0.3, -0.25) is 14.4 Å². The first kappa shape index (κ1) is 18.3. The van der Waals surface area contributed by atoms with Gasteiger partial charge in [-0.05, 0) is 31.4 Å². The Morgan fingerprint density at radius 3 is 2.65 bits per heavy atom. The predicted octanol–water partition coefficient (Wildman–Crippen LogP) is 2.14. The van der Waals surface area contributed by atoms with E-state index in [0.29, 0.717) is 31.6 Å². The molecule has 138 valence electrons. The van der Waals surface area contributed by atoms with E-state index in [2.05, 4.69) is 17.2 Å². The minimum absolute atomic E-state index is 0.0529. The van der Waals surface area contributed by atoms with Gasteiger partial charge in [0.2, 0.25) is 17.7 Å². The fraction of sp³-hybridized carbons (Fsp3) is 0.500. The Morgan fingerprint density at radius 1 is 1.27 bits per heavy atom. The third-order valence-corrected chi connectivity index (χ3v) is 5.15. The number of carbonyl (C=O) groups is 3. The van der Waals surface area contributed by atoms with Gasteiger partial charge in [-0.15, -0.1) is 0 Å². The summed E-state index contributed by atoms with van der Waals surface area (Å²) in [5.74, 6) is -0.278. The van der Waals surface area contributed by atoms with E-state index in [1.807, 2.05) is 12.2 Å². The van der Waals surface area contributed by atoms with Crippen LogP contribution in [-0.4, -0.2) is 41.4 Å². The molecule has 2 aliphatic heterocycles. The topological polar surface area (TPSA) is 78.8 Å². The molecule has 6 nitrogen and oxygen atoms in total. The standard InChI is InChI=1S/C20H25N3O3/c1-3-4-15-11-19(25)22-18-12-16(5-6-17(15)18)21-20(26)14-7-9-23(10-8-14)13(2)24/h5-6,11-12,14,17H,3-4,7-10H2,1-2H3,(H,22,25). The molecule has 0 saturated carbocycles. The zero-order chi connectivity index (χ0) is 18.7. The van der Waals surface area contributed by atoms with E-state index < -0.39 is 0 Å². The molecule has 1 aliphatic carbocycles. The zero-order valence-corrected chi connectivity index (χ0v) is 15.3. The molecule has 1 fully saturated rings. The van der Waals surface area contributed by atoms with E-state index >= 15 is 0 Å². The average molecular weight is 355 g/mol. The van der Waals surface area contributed by atoms with Crippen LogP contribution in [0.25, 0.3) is 0 Å². The minimum Gasteiger partial charge on any atom is -0.343 e. The molecule has 0 bridgehead atoms. The molecule has 3 amide bonds. The van der Waals surface area contributed by atoms with Crippen LogP contribution >= 0.6 is 0 Å². The minimum atomic E-state index is -0.144. The number of allylic oxidation sites excluding steroid dienone is 3. The largest absolute Gasteiger partial charge is 0.343 e. The number of amides is 3. The molecule has 0 aromatic heterocycles. The fourth-order valence-corrected chi connectivity index (χ4v) is 3.72. The van der Waals surface area contributed by atoms with Crippen molar-refractivity contribution >= 4 is 23.4 Å².